The van der Waals surface area contributed by atoms with Gasteiger partial charge in [-0.25, -0.2) is 4.98 Å². The fourth-order valence-electron chi connectivity index (χ4n) is 2.12. The molecular weight excluding hydrogens is 320 g/mol. The minimum Gasteiger partial charge on any atom is -0.364 e. The maximum Gasteiger partial charge on any atom is 0.268 e. The minimum atomic E-state index is -0.688. The van der Waals surface area contributed by atoms with Crippen LogP contribution in [-0.2, 0) is 0 Å². The van der Waals surface area contributed by atoms with E-state index in [1.54, 1.807) is 0 Å². The molecule has 1 aliphatic heterocycles. The average molecular weight is 330 g/mol. The van der Waals surface area contributed by atoms with Gasteiger partial charge in [-0.15, -0.1) is 11.3 Å². The van der Waals surface area contributed by atoms with Crippen LogP contribution in [0.1, 0.15) is 41.6 Å². The van der Waals surface area contributed by atoms with Gasteiger partial charge in [-0.1, -0.05) is 0 Å². The first kappa shape index (κ1) is 14.9. The van der Waals surface area contributed by atoms with Crippen molar-refractivity contribution in [1.82, 2.24) is 9.88 Å². The molecule has 0 bridgehead atoms. The van der Waals surface area contributed by atoms with E-state index in [-0.39, 0.29) is 27.5 Å². The predicted molar refractivity (Wildman–Crippen MR) is 81.5 cm³/mol. The van der Waals surface area contributed by atoms with Crippen molar-refractivity contribution in [2.24, 2.45) is 5.73 Å². The third-order valence-electron chi connectivity index (χ3n) is 3.33. The molecule has 0 atom stereocenters. The van der Waals surface area contributed by atoms with Crippen molar-refractivity contribution >= 4 is 40.1 Å². The van der Waals surface area contributed by atoms with E-state index in [0.717, 1.165) is 16.2 Å². The van der Waals surface area contributed by atoms with Crippen LogP contribution >= 0.6 is 11.3 Å². The summed E-state index contributed by atoms with van der Waals surface area (Å²) in [4.78, 5) is 51.8. The van der Waals surface area contributed by atoms with Gasteiger partial charge in [0.05, 0.1) is 11.1 Å². The van der Waals surface area contributed by atoms with Crippen molar-refractivity contribution in [2.75, 3.05) is 12.4 Å². The number of imide groups is 1. The summed E-state index contributed by atoms with van der Waals surface area (Å²) in [6, 6.07) is 4.24. The second-order valence-electron chi connectivity index (χ2n) is 4.79. The maximum atomic E-state index is 12.2. The fraction of sp³-hybridized carbons (Fsp3) is 0.0714. The van der Waals surface area contributed by atoms with Crippen LogP contribution in [-0.4, -0.2) is 40.6 Å². The van der Waals surface area contributed by atoms with E-state index in [1.165, 1.54) is 30.6 Å². The molecule has 1 aliphatic rings. The predicted octanol–water partition coefficient (Wildman–Crippen LogP) is 0.720. The first-order chi connectivity index (χ1) is 10.9. The molecule has 23 heavy (non-hydrogen) atoms. The van der Waals surface area contributed by atoms with Gasteiger partial charge in [0.2, 0.25) is 0 Å². The number of fused-ring (bicyclic) bond motifs is 1. The lowest BCUT2D eigenvalue weighted by Gasteiger charge is -2.03. The number of anilines is 1. The van der Waals surface area contributed by atoms with Gasteiger partial charge < -0.3 is 5.73 Å². The summed E-state index contributed by atoms with van der Waals surface area (Å²) in [5, 5.41) is 4.15. The normalized spacial score (nSPS) is 13.2. The summed E-state index contributed by atoms with van der Waals surface area (Å²) in [6.45, 7) is 0. The first-order valence-corrected chi connectivity index (χ1v) is 7.29. The molecule has 9 heteroatoms. The highest BCUT2D eigenvalue weighted by atomic mass is 32.1. The van der Waals surface area contributed by atoms with Gasteiger partial charge >= 0.3 is 0 Å². The van der Waals surface area contributed by atoms with Crippen molar-refractivity contribution < 1.29 is 19.2 Å². The van der Waals surface area contributed by atoms with Gasteiger partial charge in [0, 0.05) is 18.0 Å². The van der Waals surface area contributed by atoms with E-state index in [0.29, 0.717) is 0 Å². The maximum absolute atomic E-state index is 12.2. The number of carbonyl (C=O) groups is 4. The number of thiazole rings is 1. The minimum absolute atomic E-state index is 0.0571. The van der Waals surface area contributed by atoms with Crippen molar-refractivity contribution in [1.29, 1.82) is 0 Å². The number of nitrogens with two attached hydrogens (primary N) is 1. The van der Waals surface area contributed by atoms with Crippen LogP contribution in [0.4, 0.5) is 5.13 Å². The summed E-state index contributed by atoms with van der Waals surface area (Å²) < 4.78 is 0. The van der Waals surface area contributed by atoms with Gasteiger partial charge in [0.25, 0.3) is 23.6 Å². The second kappa shape index (κ2) is 5.29. The highest BCUT2D eigenvalue weighted by Crippen LogP contribution is 2.23. The number of hydrogen-bond donors (Lipinski definition) is 2. The molecule has 0 spiro atoms. The Bertz CT molecular complexity index is 873. The Hall–Kier alpha value is -3.07. The molecule has 4 amide bonds. The fourth-order valence-corrected chi connectivity index (χ4v) is 2.81. The number of carbonyl (C=O) groups excluding carboxylic acids is 4. The number of hydrogen-bond acceptors (Lipinski definition) is 6. The zero-order chi connectivity index (χ0) is 16.7. The number of primary amides is 1. The van der Waals surface area contributed by atoms with E-state index >= 15 is 0 Å². The van der Waals surface area contributed by atoms with E-state index in [1.807, 2.05) is 0 Å². The summed E-state index contributed by atoms with van der Waals surface area (Å²) in [5.74, 6) is -2.05. The van der Waals surface area contributed by atoms with E-state index in [2.05, 4.69) is 10.3 Å². The van der Waals surface area contributed by atoms with E-state index in [4.69, 9.17) is 5.73 Å². The lowest BCUT2D eigenvalue weighted by atomic mass is 10.1. The van der Waals surface area contributed by atoms with Crippen LogP contribution in [0.5, 0.6) is 0 Å². The standard InChI is InChI=1S/C14H10N4O4S/c1-18-12(21)7-3-2-6(4-8(7)13(18)22)11(20)17-14-16-9(5-23-14)10(15)19/h2-5H,1H3,(H2,15,19)(H,16,17,20). The molecule has 0 saturated heterocycles. The van der Waals surface area contributed by atoms with Crippen LogP contribution in [0, 0.1) is 0 Å². The van der Waals surface area contributed by atoms with Gasteiger partial charge in [-0.3, -0.25) is 29.4 Å². The molecule has 0 radical (unpaired) electrons. The summed E-state index contributed by atoms with van der Waals surface area (Å²) in [7, 11) is 1.38. The molecule has 2 aromatic rings. The van der Waals surface area contributed by atoms with Gasteiger partial charge in [-0.05, 0) is 18.2 Å². The molecule has 0 aliphatic carbocycles. The Morgan fingerprint density at radius 3 is 2.57 bits per heavy atom. The quantitative estimate of drug-likeness (QED) is 0.803. The number of amides is 4. The molecule has 0 saturated carbocycles. The lowest BCUT2D eigenvalue weighted by molar-refractivity contribution is 0.0692. The Balaban J connectivity index is 1.85. The molecule has 0 unspecified atom stereocenters. The second-order valence-corrected chi connectivity index (χ2v) is 5.64. The highest BCUT2D eigenvalue weighted by molar-refractivity contribution is 7.14. The SMILES string of the molecule is CN1C(=O)c2ccc(C(=O)Nc3nc(C(N)=O)cs3)cc2C1=O. The number of rotatable bonds is 3. The molecule has 0 fully saturated rings. The lowest BCUT2D eigenvalue weighted by Crippen LogP contribution is -2.24. The molecule has 3 rings (SSSR count). The molecule has 116 valence electrons. The van der Waals surface area contributed by atoms with E-state index < -0.39 is 23.6 Å². The third kappa shape index (κ3) is 2.46. The van der Waals surface area contributed by atoms with Crippen molar-refractivity contribution in [3.63, 3.8) is 0 Å². The van der Waals surface area contributed by atoms with Crippen LogP contribution in [0.25, 0.3) is 0 Å². The highest BCUT2D eigenvalue weighted by Gasteiger charge is 2.33. The third-order valence-corrected chi connectivity index (χ3v) is 4.09. The molecule has 2 heterocycles. The number of nitrogens with one attached hydrogen (secondary N) is 1. The Morgan fingerprint density at radius 1 is 1.22 bits per heavy atom. The van der Waals surface area contributed by atoms with Crippen molar-refractivity contribution in [3.05, 3.63) is 46.0 Å². The number of benzene rings is 1. The summed E-state index contributed by atoms with van der Waals surface area (Å²) in [5.41, 5.74) is 5.80. The molecule has 1 aromatic carbocycles. The summed E-state index contributed by atoms with van der Waals surface area (Å²) in [6.07, 6.45) is 0. The van der Waals surface area contributed by atoms with Gasteiger partial charge in [-0.2, -0.15) is 0 Å². The summed E-state index contributed by atoms with van der Waals surface area (Å²) >= 11 is 1.05. The Morgan fingerprint density at radius 2 is 1.91 bits per heavy atom. The van der Waals surface area contributed by atoms with Gasteiger partial charge in [0.15, 0.2) is 5.13 Å². The topological polar surface area (TPSA) is 122 Å². The monoisotopic (exact) mass is 330 g/mol. The average Bonchev–Trinajstić information content (AvgIpc) is 3.07. The van der Waals surface area contributed by atoms with Crippen LogP contribution < -0.4 is 11.1 Å². The van der Waals surface area contributed by atoms with Crippen LogP contribution in [0.15, 0.2) is 23.6 Å². The molecule has 1 aromatic heterocycles. The number of nitrogens with zero attached hydrogens (tertiary/aromatic N) is 2. The number of aromatic nitrogens is 1. The Kier molecular flexibility index (Phi) is 3.41. The van der Waals surface area contributed by atoms with Crippen molar-refractivity contribution in [3.8, 4) is 0 Å². The first-order valence-electron chi connectivity index (χ1n) is 6.41. The Labute approximate surface area is 133 Å². The van der Waals surface area contributed by atoms with Crippen LogP contribution in [0.2, 0.25) is 0 Å². The zero-order valence-electron chi connectivity index (χ0n) is 11.8. The van der Waals surface area contributed by atoms with Crippen molar-refractivity contribution in [2.45, 2.75) is 0 Å². The zero-order valence-corrected chi connectivity index (χ0v) is 12.6. The molecule has 8 nitrogen and oxygen atoms in total. The largest absolute Gasteiger partial charge is 0.364 e. The smallest absolute Gasteiger partial charge is 0.268 e. The van der Waals surface area contributed by atoms with E-state index in [9.17, 15) is 19.2 Å². The molecule has 3 N–H and O–H groups in total. The molecular formula is C14H10N4O4S. The van der Waals surface area contributed by atoms with Gasteiger partial charge in [0.1, 0.15) is 5.69 Å². The van der Waals surface area contributed by atoms with Crippen LogP contribution in [0.3, 0.4) is 0 Å².